The van der Waals surface area contributed by atoms with E-state index in [1.54, 1.807) is 42.5 Å². The SMILES string of the molecule is COc1ccc(N(CC(=O)N(Cc2c(Cl)cccc2Cl)[C@@H](Cc2ccccc2)C(=O)NCC(C)C)S(=O)(=O)c2ccccc2)cc1OC. The maximum absolute atomic E-state index is 14.7. The lowest BCUT2D eigenvalue weighted by atomic mass is 10.0. The van der Waals surface area contributed by atoms with E-state index in [1.165, 1.54) is 43.4 Å². The molecule has 48 heavy (non-hydrogen) atoms. The summed E-state index contributed by atoms with van der Waals surface area (Å²) in [7, 11) is -1.41. The first-order chi connectivity index (χ1) is 23.0. The summed E-state index contributed by atoms with van der Waals surface area (Å²) in [6, 6.07) is 25.6. The summed E-state index contributed by atoms with van der Waals surface area (Å²) >= 11 is 13.2. The highest BCUT2D eigenvalue weighted by atomic mass is 35.5. The van der Waals surface area contributed by atoms with Gasteiger partial charge in [-0.1, -0.05) is 91.6 Å². The molecule has 9 nitrogen and oxygen atoms in total. The van der Waals surface area contributed by atoms with Crippen LogP contribution in [0.4, 0.5) is 5.69 Å². The molecular weight excluding hydrogens is 673 g/mol. The molecule has 1 atom stereocenters. The molecule has 0 unspecified atom stereocenters. The topological polar surface area (TPSA) is 105 Å². The number of benzene rings is 4. The van der Waals surface area contributed by atoms with E-state index in [9.17, 15) is 18.0 Å². The molecule has 0 radical (unpaired) electrons. The molecule has 0 saturated carbocycles. The van der Waals surface area contributed by atoms with Crippen LogP contribution in [0.5, 0.6) is 11.5 Å². The number of hydrogen-bond acceptors (Lipinski definition) is 6. The number of amides is 2. The average Bonchev–Trinajstić information content (AvgIpc) is 3.09. The molecule has 0 fully saturated rings. The Morgan fingerprint density at radius 3 is 2.00 bits per heavy atom. The normalized spacial score (nSPS) is 11.9. The number of methoxy groups -OCH3 is 2. The van der Waals surface area contributed by atoms with Gasteiger partial charge in [-0.05, 0) is 47.9 Å². The van der Waals surface area contributed by atoms with Gasteiger partial charge >= 0.3 is 0 Å². The summed E-state index contributed by atoms with van der Waals surface area (Å²) in [6.45, 7) is 3.49. The summed E-state index contributed by atoms with van der Waals surface area (Å²) in [5, 5.41) is 3.56. The van der Waals surface area contributed by atoms with E-state index in [0.717, 1.165) is 9.87 Å². The van der Waals surface area contributed by atoms with Crippen molar-refractivity contribution in [1.82, 2.24) is 10.2 Å². The Morgan fingerprint density at radius 1 is 0.812 bits per heavy atom. The first-order valence-electron chi connectivity index (χ1n) is 15.3. The molecule has 0 aliphatic rings. The number of anilines is 1. The van der Waals surface area contributed by atoms with Crippen molar-refractivity contribution in [2.75, 3.05) is 31.6 Å². The molecule has 0 heterocycles. The first kappa shape index (κ1) is 36.6. The molecule has 0 aliphatic heterocycles. The molecule has 0 spiro atoms. The maximum Gasteiger partial charge on any atom is 0.264 e. The van der Waals surface area contributed by atoms with Crippen LogP contribution in [0.15, 0.2) is 102 Å². The molecule has 254 valence electrons. The van der Waals surface area contributed by atoms with Crippen LogP contribution >= 0.6 is 23.2 Å². The van der Waals surface area contributed by atoms with E-state index >= 15 is 0 Å². The molecule has 0 saturated heterocycles. The zero-order valence-electron chi connectivity index (χ0n) is 27.2. The van der Waals surface area contributed by atoms with Crippen molar-refractivity contribution >= 4 is 50.7 Å². The number of carbonyl (C=O) groups is 2. The van der Waals surface area contributed by atoms with E-state index in [-0.39, 0.29) is 35.2 Å². The predicted molar refractivity (Wildman–Crippen MR) is 189 cm³/mol. The van der Waals surface area contributed by atoms with Crippen molar-refractivity contribution in [2.24, 2.45) is 5.92 Å². The Labute approximate surface area is 292 Å². The monoisotopic (exact) mass is 711 g/mol. The third-order valence-electron chi connectivity index (χ3n) is 7.61. The van der Waals surface area contributed by atoms with E-state index in [0.29, 0.717) is 27.9 Å². The van der Waals surface area contributed by atoms with Gasteiger partial charge in [-0.25, -0.2) is 8.42 Å². The number of nitrogens with zero attached hydrogens (tertiary/aromatic N) is 2. The number of hydrogen-bond donors (Lipinski definition) is 1. The van der Waals surface area contributed by atoms with Crippen LogP contribution in [0.2, 0.25) is 10.0 Å². The van der Waals surface area contributed by atoms with Gasteiger partial charge in [0.1, 0.15) is 12.6 Å². The highest BCUT2D eigenvalue weighted by molar-refractivity contribution is 7.92. The highest BCUT2D eigenvalue weighted by Gasteiger charge is 2.35. The molecule has 0 aliphatic carbocycles. The number of halogens is 2. The maximum atomic E-state index is 14.7. The fraction of sp³-hybridized carbons (Fsp3) is 0.278. The largest absolute Gasteiger partial charge is 0.493 e. The predicted octanol–water partition coefficient (Wildman–Crippen LogP) is 6.62. The number of nitrogens with one attached hydrogen (secondary N) is 1. The van der Waals surface area contributed by atoms with Crippen LogP contribution < -0.4 is 19.1 Å². The number of ether oxygens (including phenoxy) is 2. The fourth-order valence-electron chi connectivity index (χ4n) is 5.06. The standard InChI is InChI=1S/C36H39Cl2N3O6S/c1-25(2)22-39-36(43)32(20-26-12-7-5-8-13-26)40(23-29-30(37)16-11-17-31(29)38)35(42)24-41(48(44,45)28-14-9-6-10-15-28)27-18-19-33(46-3)34(21-27)47-4/h5-19,21,25,32H,20,22-24H2,1-4H3,(H,39,43)/t32-/m0/s1. The van der Waals surface area contributed by atoms with Crippen LogP contribution in [-0.2, 0) is 32.6 Å². The highest BCUT2D eigenvalue weighted by Crippen LogP contribution is 2.34. The Hall–Kier alpha value is -4.25. The number of rotatable bonds is 15. The van der Waals surface area contributed by atoms with Gasteiger partial charge in [0, 0.05) is 41.2 Å². The molecule has 1 N–H and O–H groups in total. The van der Waals surface area contributed by atoms with Crippen molar-refractivity contribution in [3.8, 4) is 11.5 Å². The lowest BCUT2D eigenvalue weighted by Crippen LogP contribution is -2.53. The average molecular weight is 713 g/mol. The van der Waals surface area contributed by atoms with Gasteiger partial charge < -0.3 is 19.7 Å². The van der Waals surface area contributed by atoms with Crippen molar-refractivity contribution in [2.45, 2.75) is 37.8 Å². The number of sulfonamides is 1. The van der Waals surface area contributed by atoms with E-state index in [2.05, 4.69) is 5.32 Å². The number of carbonyl (C=O) groups excluding carboxylic acids is 2. The fourth-order valence-corrected chi connectivity index (χ4v) is 7.00. The van der Waals surface area contributed by atoms with Crippen LogP contribution in [0.1, 0.15) is 25.0 Å². The van der Waals surface area contributed by atoms with E-state index < -0.39 is 34.4 Å². The lowest BCUT2D eigenvalue weighted by molar-refractivity contribution is -0.140. The van der Waals surface area contributed by atoms with E-state index in [4.69, 9.17) is 32.7 Å². The smallest absolute Gasteiger partial charge is 0.264 e. The Morgan fingerprint density at radius 2 is 1.42 bits per heavy atom. The summed E-state index contributed by atoms with van der Waals surface area (Å²) in [5.41, 5.74) is 1.39. The summed E-state index contributed by atoms with van der Waals surface area (Å²) in [6.07, 6.45) is 0.153. The minimum Gasteiger partial charge on any atom is -0.493 e. The molecule has 4 rings (SSSR count). The quantitative estimate of drug-likeness (QED) is 0.149. The third-order valence-corrected chi connectivity index (χ3v) is 10.1. The van der Waals surface area contributed by atoms with E-state index in [1.807, 2.05) is 44.2 Å². The second kappa shape index (κ2) is 16.7. The summed E-state index contributed by atoms with van der Waals surface area (Å²) in [4.78, 5) is 30.0. The van der Waals surface area contributed by atoms with Crippen molar-refractivity contribution in [1.29, 1.82) is 0 Å². The Bertz CT molecular complexity index is 1790. The van der Waals surface area contributed by atoms with Crippen LogP contribution in [0.25, 0.3) is 0 Å². The Balaban J connectivity index is 1.86. The van der Waals surface area contributed by atoms with Crippen LogP contribution in [-0.4, -0.2) is 58.5 Å². The second-order valence-corrected chi connectivity index (χ2v) is 14.1. The Kier molecular flexibility index (Phi) is 12.7. The van der Waals surface area contributed by atoms with Crippen molar-refractivity contribution < 1.29 is 27.5 Å². The molecule has 4 aromatic rings. The van der Waals surface area contributed by atoms with Crippen LogP contribution in [0.3, 0.4) is 0 Å². The van der Waals surface area contributed by atoms with Gasteiger partial charge in [-0.3, -0.25) is 13.9 Å². The summed E-state index contributed by atoms with van der Waals surface area (Å²) < 4.78 is 40.3. The van der Waals surface area contributed by atoms with Gasteiger partial charge in [0.2, 0.25) is 11.8 Å². The third kappa shape index (κ3) is 9.00. The van der Waals surface area contributed by atoms with Crippen molar-refractivity contribution in [3.63, 3.8) is 0 Å². The van der Waals surface area contributed by atoms with Gasteiger partial charge in [0.15, 0.2) is 11.5 Å². The van der Waals surface area contributed by atoms with Gasteiger partial charge in [0.25, 0.3) is 10.0 Å². The van der Waals surface area contributed by atoms with Gasteiger partial charge in [-0.2, -0.15) is 0 Å². The zero-order chi connectivity index (χ0) is 34.8. The minimum absolute atomic E-state index is 0.0243. The minimum atomic E-state index is -4.31. The molecule has 12 heteroatoms. The zero-order valence-corrected chi connectivity index (χ0v) is 29.6. The van der Waals surface area contributed by atoms with Crippen molar-refractivity contribution in [3.05, 3.63) is 118 Å². The first-order valence-corrected chi connectivity index (χ1v) is 17.5. The van der Waals surface area contributed by atoms with Gasteiger partial charge in [0.05, 0.1) is 24.8 Å². The molecular formula is C36H39Cl2N3O6S. The lowest BCUT2D eigenvalue weighted by Gasteiger charge is -2.34. The molecule has 2 amide bonds. The molecule has 0 bridgehead atoms. The molecule has 0 aromatic heterocycles. The summed E-state index contributed by atoms with van der Waals surface area (Å²) in [5.74, 6) is -0.256. The molecule has 4 aromatic carbocycles. The van der Waals surface area contributed by atoms with Gasteiger partial charge in [-0.15, -0.1) is 0 Å². The second-order valence-electron chi connectivity index (χ2n) is 11.4. The van der Waals surface area contributed by atoms with Crippen LogP contribution in [0, 0.1) is 5.92 Å².